The topological polar surface area (TPSA) is 61.9 Å². The van der Waals surface area contributed by atoms with Gasteiger partial charge in [-0.2, -0.15) is 0 Å². The van der Waals surface area contributed by atoms with Gasteiger partial charge in [0.2, 0.25) is 0 Å². The smallest absolute Gasteiger partial charge is 0.255 e. The highest BCUT2D eigenvalue weighted by molar-refractivity contribution is 5.58. The molecule has 0 amide bonds. The maximum absolute atomic E-state index is 13.2. The van der Waals surface area contributed by atoms with Gasteiger partial charge in [0.15, 0.2) is 0 Å². The van der Waals surface area contributed by atoms with Crippen LogP contribution in [0.25, 0.3) is 11.3 Å². The number of hydrogen-bond acceptors (Lipinski definition) is 4. The summed E-state index contributed by atoms with van der Waals surface area (Å²) in [5.74, 6) is 0.701. The molecule has 2 aromatic heterocycles. The third-order valence-electron chi connectivity index (χ3n) is 5.05. The van der Waals surface area contributed by atoms with Crippen molar-refractivity contribution in [2.45, 2.75) is 39.3 Å². The number of rotatable bonds is 4. The summed E-state index contributed by atoms with van der Waals surface area (Å²) in [5, 5.41) is 0. The highest BCUT2D eigenvalue weighted by atomic mass is 19.1. The van der Waals surface area contributed by atoms with Gasteiger partial charge in [-0.05, 0) is 36.4 Å². The van der Waals surface area contributed by atoms with Crippen molar-refractivity contribution in [1.29, 1.82) is 0 Å². The lowest BCUT2D eigenvalue weighted by Crippen LogP contribution is -2.36. The molecule has 0 atom stereocenters. The number of nitrogens with zero attached hydrogens (tertiary/aromatic N) is 3. The van der Waals surface area contributed by atoms with E-state index in [-0.39, 0.29) is 17.3 Å². The monoisotopic (exact) mass is 378 g/mol. The Morgan fingerprint density at radius 1 is 1.14 bits per heavy atom. The number of aromatic amines is 1. The Bertz CT molecular complexity index is 1040. The van der Waals surface area contributed by atoms with Gasteiger partial charge in [-0.3, -0.25) is 14.7 Å². The summed E-state index contributed by atoms with van der Waals surface area (Å²) in [5.41, 5.74) is 4.26. The van der Waals surface area contributed by atoms with E-state index in [1.54, 1.807) is 12.1 Å². The van der Waals surface area contributed by atoms with Crippen LogP contribution in [0.3, 0.4) is 0 Å². The first-order valence-electron chi connectivity index (χ1n) is 9.56. The molecule has 1 aromatic carbocycles. The van der Waals surface area contributed by atoms with Gasteiger partial charge < -0.3 is 4.98 Å². The zero-order valence-corrected chi connectivity index (χ0v) is 16.1. The van der Waals surface area contributed by atoms with Crippen LogP contribution in [-0.2, 0) is 19.5 Å². The largest absolute Gasteiger partial charge is 0.310 e. The third kappa shape index (κ3) is 3.87. The fourth-order valence-electron chi connectivity index (χ4n) is 3.49. The number of hydrogen-bond donors (Lipinski definition) is 1. The molecular formula is C22H23FN4O. The van der Waals surface area contributed by atoms with Crippen molar-refractivity contribution in [3.8, 4) is 11.3 Å². The van der Waals surface area contributed by atoms with E-state index in [4.69, 9.17) is 4.98 Å². The first-order valence-corrected chi connectivity index (χ1v) is 9.56. The molecule has 0 bridgehead atoms. The number of H-pyrrole nitrogens is 1. The standard InChI is InChI=1S/C22H23FN4O/c1-14(2)21-25-20-10-11-27(13-18(20)22(28)26-21)12-17-4-3-5-19(24-17)15-6-8-16(23)9-7-15/h3-9,14H,10-13H2,1-2H3,(H,25,26,28). The minimum atomic E-state index is -0.258. The second kappa shape index (κ2) is 7.64. The molecule has 6 heteroatoms. The Labute approximate surface area is 163 Å². The van der Waals surface area contributed by atoms with Crippen LogP contribution in [-0.4, -0.2) is 26.4 Å². The maximum atomic E-state index is 13.2. The highest BCUT2D eigenvalue weighted by Gasteiger charge is 2.22. The van der Waals surface area contributed by atoms with Crippen molar-refractivity contribution in [1.82, 2.24) is 19.9 Å². The molecule has 0 fully saturated rings. The quantitative estimate of drug-likeness (QED) is 0.753. The van der Waals surface area contributed by atoms with E-state index in [1.807, 2.05) is 32.0 Å². The molecule has 0 radical (unpaired) electrons. The second-order valence-electron chi connectivity index (χ2n) is 7.51. The molecule has 1 aliphatic heterocycles. The van der Waals surface area contributed by atoms with Gasteiger partial charge in [-0.1, -0.05) is 19.9 Å². The highest BCUT2D eigenvalue weighted by Crippen LogP contribution is 2.20. The van der Waals surface area contributed by atoms with Gasteiger partial charge in [-0.25, -0.2) is 9.37 Å². The van der Waals surface area contributed by atoms with Crippen LogP contribution < -0.4 is 5.56 Å². The number of pyridine rings is 1. The molecule has 1 aliphatic rings. The molecule has 0 saturated carbocycles. The summed E-state index contributed by atoms with van der Waals surface area (Å²) in [6.07, 6.45) is 0.761. The van der Waals surface area contributed by atoms with Crippen LogP contribution in [0.5, 0.6) is 0 Å². The molecule has 0 unspecified atom stereocenters. The van der Waals surface area contributed by atoms with Gasteiger partial charge >= 0.3 is 0 Å². The van der Waals surface area contributed by atoms with Gasteiger partial charge in [0, 0.05) is 37.5 Å². The number of halogens is 1. The Morgan fingerprint density at radius 2 is 1.93 bits per heavy atom. The Balaban J connectivity index is 1.53. The average molecular weight is 378 g/mol. The molecule has 28 heavy (non-hydrogen) atoms. The lowest BCUT2D eigenvalue weighted by atomic mass is 10.1. The molecule has 1 N–H and O–H groups in total. The second-order valence-corrected chi connectivity index (χ2v) is 7.51. The van der Waals surface area contributed by atoms with E-state index >= 15 is 0 Å². The van der Waals surface area contributed by atoms with E-state index in [1.165, 1.54) is 12.1 Å². The lowest BCUT2D eigenvalue weighted by Gasteiger charge is -2.27. The first kappa shape index (κ1) is 18.5. The molecule has 0 spiro atoms. The van der Waals surface area contributed by atoms with Crippen molar-refractivity contribution < 1.29 is 4.39 Å². The summed E-state index contributed by atoms with van der Waals surface area (Å²) in [6, 6.07) is 12.2. The molecule has 0 saturated heterocycles. The number of nitrogens with one attached hydrogen (secondary N) is 1. The van der Waals surface area contributed by atoms with Crippen LogP contribution in [0.2, 0.25) is 0 Å². The van der Waals surface area contributed by atoms with Crippen LogP contribution in [0.15, 0.2) is 47.3 Å². The molecule has 144 valence electrons. The van der Waals surface area contributed by atoms with E-state index in [0.717, 1.165) is 47.0 Å². The minimum Gasteiger partial charge on any atom is -0.310 e. The van der Waals surface area contributed by atoms with Crippen LogP contribution in [0, 0.1) is 5.82 Å². The minimum absolute atomic E-state index is 0.0357. The van der Waals surface area contributed by atoms with Gasteiger partial charge in [0.05, 0.1) is 22.6 Å². The summed E-state index contributed by atoms with van der Waals surface area (Å²) in [4.78, 5) is 27.0. The van der Waals surface area contributed by atoms with Gasteiger partial charge in [0.25, 0.3) is 5.56 Å². The summed E-state index contributed by atoms with van der Waals surface area (Å²) < 4.78 is 13.2. The normalized spacial score (nSPS) is 14.3. The Kier molecular flexibility index (Phi) is 5.05. The number of fused-ring (bicyclic) bond motifs is 1. The van der Waals surface area contributed by atoms with Crippen molar-refractivity contribution in [3.05, 3.63) is 81.4 Å². The third-order valence-corrected chi connectivity index (χ3v) is 5.05. The molecule has 5 nitrogen and oxygen atoms in total. The van der Waals surface area contributed by atoms with Crippen molar-refractivity contribution in [3.63, 3.8) is 0 Å². The van der Waals surface area contributed by atoms with Crippen molar-refractivity contribution >= 4 is 0 Å². The van der Waals surface area contributed by atoms with Gasteiger partial charge in [-0.15, -0.1) is 0 Å². The fraction of sp³-hybridized carbons (Fsp3) is 0.318. The van der Waals surface area contributed by atoms with Gasteiger partial charge in [0.1, 0.15) is 11.6 Å². The predicted octanol–water partition coefficient (Wildman–Crippen LogP) is 3.65. The summed E-state index contributed by atoms with van der Waals surface area (Å²) in [7, 11) is 0. The maximum Gasteiger partial charge on any atom is 0.255 e. The Morgan fingerprint density at radius 3 is 2.68 bits per heavy atom. The molecule has 3 aromatic rings. The fourth-order valence-corrected chi connectivity index (χ4v) is 3.49. The average Bonchev–Trinajstić information content (AvgIpc) is 2.69. The summed E-state index contributed by atoms with van der Waals surface area (Å²) >= 11 is 0. The van der Waals surface area contributed by atoms with Crippen LogP contribution in [0.1, 0.15) is 42.5 Å². The van der Waals surface area contributed by atoms with E-state index in [2.05, 4.69) is 14.9 Å². The van der Waals surface area contributed by atoms with E-state index in [9.17, 15) is 9.18 Å². The zero-order valence-electron chi connectivity index (χ0n) is 16.1. The Hall–Kier alpha value is -2.86. The van der Waals surface area contributed by atoms with Crippen LogP contribution >= 0.6 is 0 Å². The molecule has 0 aliphatic carbocycles. The SMILES string of the molecule is CC(C)c1nc2c(c(=O)[nH]1)CN(Cc1cccc(-c3ccc(F)cc3)n1)CC2. The van der Waals surface area contributed by atoms with Crippen molar-refractivity contribution in [2.24, 2.45) is 0 Å². The van der Waals surface area contributed by atoms with Crippen LogP contribution in [0.4, 0.5) is 4.39 Å². The zero-order chi connectivity index (χ0) is 19.7. The predicted molar refractivity (Wildman–Crippen MR) is 106 cm³/mol. The van der Waals surface area contributed by atoms with E-state index < -0.39 is 0 Å². The van der Waals surface area contributed by atoms with E-state index in [0.29, 0.717) is 13.1 Å². The molecular weight excluding hydrogens is 355 g/mol. The summed E-state index contributed by atoms with van der Waals surface area (Å²) in [6.45, 7) is 6.11. The molecule has 3 heterocycles. The van der Waals surface area contributed by atoms with Crippen molar-refractivity contribution in [2.75, 3.05) is 6.54 Å². The first-order chi connectivity index (χ1) is 13.5. The molecule has 4 rings (SSSR count). The lowest BCUT2D eigenvalue weighted by molar-refractivity contribution is 0.238. The number of aromatic nitrogens is 3. The number of benzene rings is 1.